The summed E-state index contributed by atoms with van der Waals surface area (Å²) < 4.78 is 47.7. The van der Waals surface area contributed by atoms with Gasteiger partial charge in [0.15, 0.2) is 0 Å². The number of fused-ring (bicyclic) bond motifs is 2. The smallest absolute Gasteiger partial charge is 0.461 e. The zero-order chi connectivity index (χ0) is 21.0. The van der Waals surface area contributed by atoms with E-state index < -0.39 is 7.25 Å². The van der Waals surface area contributed by atoms with Crippen molar-refractivity contribution in [1.29, 1.82) is 0 Å². The molecule has 0 radical (unpaired) electrons. The number of aryl methyl sites for hydroxylation is 1. The maximum atomic E-state index is 9.75. The minimum Gasteiger partial charge on any atom is -0.461 e. The fourth-order valence-corrected chi connectivity index (χ4v) is 3.91. The third kappa shape index (κ3) is 5.08. The lowest BCUT2D eigenvalue weighted by Gasteiger charge is -2.16. The van der Waals surface area contributed by atoms with E-state index in [2.05, 4.69) is 67.0 Å². The Labute approximate surface area is 168 Å². The Morgan fingerprint density at radius 2 is 1.59 bits per heavy atom. The first-order valence-electron chi connectivity index (χ1n) is 9.91. The van der Waals surface area contributed by atoms with Crippen LogP contribution in [-0.2, 0) is 12.8 Å². The van der Waals surface area contributed by atoms with Crippen LogP contribution in [0, 0.1) is 0 Å². The van der Waals surface area contributed by atoms with Crippen LogP contribution in [0.25, 0.3) is 22.5 Å². The molecule has 0 N–H and O–H groups in total. The minimum absolute atomic E-state index is 1.01. The molecule has 2 nitrogen and oxygen atoms in total. The Morgan fingerprint density at radius 3 is 2.21 bits per heavy atom. The van der Waals surface area contributed by atoms with Crippen molar-refractivity contribution < 1.29 is 21.7 Å². The van der Waals surface area contributed by atoms with E-state index in [0.29, 0.717) is 0 Å². The second-order valence-corrected chi connectivity index (χ2v) is 6.95. The van der Waals surface area contributed by atoms with Gasteiger partial charge in [0.25, 0.3) is 0 Å². The Morgan fingerprint density at radius 1 is 0.931 bits per heavy atom. The van der Waals surface area contributed by atoms with Gasteiger partial charge in [-0.2, -0.15) is 0 Å². The average molecular weight is 405 g/mol. The van der Waals surface area contributed by atoms with Crippen LogP contribution >= 0.6 is 0 Å². The first kappa shape index (κ1) is 21.2. The predicted octanol–water partition coefficient (Wildman–Crippen LogP) is 5.65. The lowest BCUT2D eigenvalue weighted by atomic mass is 9.92. The molecule has 0 unspecified atom stereocenters. The zero-order valence-electron chi connectivity index (χ0n) is 16.6. The quantitative estimate of drug-likeness (QED) is 0.312. The summed E-state index contributed by atoms with van der Waals surface area (Å²) in [6.07, 6.45) is 3.37. The van der Waals surface area contributed by atoms with E-state index >= 15 is 0 Å². The summed E-state index contributed by atoms with van der Waals surface area (Å²) in [4.78, 5) is 0. The molecule has 0 atom stereocenters. The third-order valence-electron chi connectivity index (χ3n) is 5.13. The molecule has 3 aliphatic rings. The normalized spacial score (nSPS) is 13.0. The first-order chi connectivity index (χ1) is 13.8. The summed E-state index contributed by atoms with van der Waals surface area (Å²) in [5, 5.41) is 1.24. The monoisotopic (exact) mass is 405 g/mol. The van der Waals surface area contributed by atoms with Gasteiger partial charge in [-0.25, -0.2) is 4.58 Å². The van der Waals surface area contributed by atoms with Crippen molar-refractivity contribution in [2.75, 3.05) is 13.1 Å². The van der Waals surface area contributed by atoms with Crippen molar-refractivity contribution in [3.8, 4) is 22.5 Å². The molecule has 7 heteroatoms. The largest absolute Gasteiger partial charge is 0.673 e. The molecular weight excluding hydrogens is 381 g/mol. The van der Waals surface area contributed by atoms with Gasteiger partial charge in [0.2, 0.25) is 5.36 Å². The van der Waals surface area contributed by atoms with Gasteiger partial charge in [-0.15, -0.1) is 0 Å². The second kappa shape index (κ2) is 8.85. The number of benzene rings is 2. The second-order valence-electron chi connectivity index (χ2n) is 6.95. The lowest BCUT2D eigenvalue weighted by molar-refractivity contribution is 0.368. The highest BCUT2D eigenvalue weighted by atomic mass is 19.5. The van der Waals surface area contributed by atoms with Crippen molar-refractivity contribution >= 4 is 7.25 Å². The van der Waals surface area contributed by atoms with Gasteiger partial charge in [-0.05, 0) is 49.4 Å². The van der Waals surface area contributed by atoms with Crippen LogP contribution in [0.4, 0.5) is 17.3 Å². The molecule has 0 aromatic heterocycles. The van der Waals surface area contributed by atoms with Crippen LogP contribution in [0.3, 0.4) is 0 Å². The van der Waals surface area contributed by atoms with Crippen LogP contribution in [-0.4, -0.2) is 20.3 Å². The number of hydrogen-bond acceptors (Lipinski definition) is 1. The van der Waals surface area contributed by atoms with Crippen molar-refractivity contribution in [2.24, 2.45) is 0 Å². The number of nitrogens with zero attached hydrogens (tertiary/aromatic N) is 1. The summed E-state index contributed by atoms with van der Waals surface area (Å²) in [5.74, 6) is 2.19. The highest BCUT2D eigenvalue weighted by Gasteiger charge is 2.25. The standard InChI is InChI=1S/C22H24NO.BF4/c1-3-23(4-2)17-13-14-19-21(15-17)24-20-12-8-11-18(20)22(19)16-9-6-5-7-10-16;2-1(3,4)5/h5-7,9-10,13-15H,3-4,8,11-12H2,1-2H3;/q+1;-1. The summed E-state index contributed by atoms with van der Waals surface area (Å²) in [5.41, 5.74) is 5.31. The molecule has 154 valence electrons. The third-order valence-corrected chi connectivity index (χ3v) is 5.13. The topological polar surface area (TPSA) is 16.1 Å². The predicted molar refractivity (Wildman–Crippen MR) is 109 cm³/mol. The maximum absolute atomic E-state index is 9.75. The maximum Gasteiger partial charge on any atom is 0.673 e. The zero-order valence-corrected chi connectivity index (χ0v) is 16.6. The molecule has 29 heavy (non-hydrogen) atoms. The van der Waals surface area contributed by atoms with Crippen LogP contribution in [0.2, 0.25) is 0 Å². The van der Waals surface area contributed by atoms with Crippen LogP contribution in [0.15, 0.2) is 52.9 Å². The van der Waals surface area contributed by atoms with E-state index in [1.54, 1.807) is 0 Å². The Kier molecular flexibility index (Phi) is 6.45. The van der Waals surface area contributed by atoms with E-state index in [1.807, 2.05) is 0 Å². The lowest BCUT2D eigenvalue weighted by Crippen LogP contribution is -2.29. The van der Waals surface area contributed by atoms with E-state index in [-0.39, 0.29) is 0 Å². The van der Waals surface area contributed by atoms with Crippen molar-refractivity contribution in [1.82, 2.24) is 4.58 Å². The van der Waals surface area contributed by atoms with Gasteiger partial charge in [-0.1, -0.05) is 30.3 Å². The van der Waals surface area contributed by atoms with Crippen LogP contribution in [0.1, 0.15) is 31.6 Å². The molecule has 0 spiro atoms. The average Bonchev–Trinajstić information content (AvgIpc) is 3.14. The summed E-state index contributed by atoms with van der Waals surface area (Å²) in [7, 11) is -6.00. The van der Waals surface area contributed by atoms with Gasteiger partial charge < -0.3 is 21.7 Å². The SMILES string of the molecule is CC[N+](CC)=c1ccc2c(-c3ccccc3)c3c(oc-2c1)CCC3.F[B-](F)(F)F. The highest BCUT2D eigenvalue weighted by Crippen LogP contribution is 2.41. The molecule has 0 amide bonds. The molecule has 0 saturated carbocycles. The van der Waals surface area contributed by atoms with Crippen LogP contribution in [0.5, 0.6) is 0 Å². The molecule has 1 aromatic rings. The van der Waals surface area contributed by atoms with Crippen molar-refractivity contribution in [3.63, 3.8) is 0 Å². The molecule has 4 rings (SSSR count). The molecule has 1 aliphatic heterocycles. The fourth-order valence-electron chi connectivity index (χ4n) is 3.91. The van der Waals surface area contributed by atoms with Gasteiger partial charge in [0.1, 0.15) is 24.6 Å². The number of hydrogen-bond donors (Lipinski definition) is 0. The summed E-state index contributed by atoms with van der Waals surface area (Å²) in [6, 6.07) is 17.4. The fraction of sp³-hybridized carbons (Fsp3) is 0.318. The van der Waals surface area contributed by atoms with Crippen LogP contribution < -0.4 is 9.93 Å². The Balaban J connectivity index is 0.000000431. The van der Waals surface area contributed by atoms with E-state index in [9.17, 15) is 17.3 Å². The number of halogens is 4. The summed E-state index contributed by atoms with van der Waals surface area (Å²) in [6.45, 7) is 6.42. The Bertz CT molecular complexity index is 1000. The summed E-state index contributed by atoms with van der Waals surface area (Å²) >= 11 is 0. The van der Waals surface area contributed by atoms with Crippen molar-refractivity contribution in [3.05, 3.63) is 65.2 Å². The van der Waals surface area contributed by atoms with Crippen molar-refractivity contribution in [2.45, 2.75) is 33.1 Å². The van der Waals surface area contributed by atoms with E-state index in [1.165, 1.54) is 39.8 Å². The molecule has 0 fully saturated rings. The molecule has 1 heterocycles. The van der Waals surface area contributed by atoms with Gasteiger partial charge in [-0.3, -0.25) is 0 Å². The first-order valence-corrected chi connectivity index (χ1v) is 9.91. The molecule has 0 bridgehead atoms. The molecule has 1 aromatic carbocycles. The highest BCUT2D eigenvalue weighted by molar-refractivity contribution is 6.50. The number of rotatable bonds is 3. The molecule has 2 aliphatic carbocycles. The van der Waals surface area contributed by atoms with E-state index in [4.69, 9.17) is 4.42 Å². The van der Waals surface area contributed by atoms with E-state index in [0.717, 1.165) is 31.7 Å². The minimum atomic E-state index is -6.00. The van der Waals surface area contributed by atoms with Gasteiger partial charge in [0, 0.05) is 18.1 Å². The molecule has 0 saturated heterocycles. The molecular formula is C22H24BF4NO. The Hall–Kier alpha value is -2.57. The van der Waals surface area contributed by atoms with Gasteiger partial charge >= 0.3 is 7.25 Å². The van der Waals surface area contributed by atoms with Gasteiger partial charge in [0.05, 0.1) is 6.07 Å².